The summed E-state index contributed by atoms with van der Waals surface area (Å²) < 4.78 is 26.2. The molecule has 4 rings (SSSR count). The van der Waals surface area contributed by atoms with Crippen molar-refractivity contribution in [1.29, 1.82) is 0 Å². The van der Waals surface area contributed by atoms with E-state index < -0.39 is 29.6 Å². The molecule has 4 aromatic rings. The Kier molecular flexibility index (Phi) is 7.59. The lowest BCUT2D eigenvalue weighted by Crippen LogP contribution is -2.32. The summed E-state index contributed by atoms with van der Waals surface area (Å²) in [6.45, 7) is 1.69. The summed E-state index contributed by atoms with van der Waals surface area (Å²) in [5, 5.41) is 6.82. The van der Waals surface area contributed by atoms with Crippen LogP contribution in [0, 0.1) is 5.82 Å². The monoisotopic (exact) mass is 554 g/mol. The van der Waals surface area contributed by atoms with Crippen LogP contribution in [0.3, 0.4) is 0 Å². The van der Waals surface area contributed by atoms with E-state index >= 15 is 0 Å². The number of benzene rings is 3. The molecule has 1 aromatic heterocycles. The average Bonchev–Trinajstić information content (AvgIpc) is 2.86. The van der Waals surface area contributed by atoms with Gasteiger partial charge in [-0.05, 0) is 59.3 Å². The standard InChI is InChI=1S/C25H20BrFN4O5/c1-2-35-21-11-15(13-28-31-24(33)16-7-3-5-9-19(16)30-25(31)34)17(26)12-22(21)36-14-23(32)29-20-10-6-4-8-18(20)27/h3-13H,2,14H2,1H3,(H,29,32)(H,30,34). The molecule has 0 aliphatic carbocycles. The quantitative estimate of drug-likeness (QED) is 0.321. The van der Waals surface area contributed by atoms with Gasteiger partial charge in [-0.25, -0.2) is 9.18 Å². The van der Waals surface area contributed by atoms with E-state index in [1.165, 1.54) is 24.4 Å². The Morgan fingerprint density at radius 1 is 1.11 bits per heavy atom. The Morgan fingerprint density at radius 3 is 2.61 bits per heavy atom. The summed E-state index contributed by atoms with van der Waals surface area (Å²) in [7, 11) is 0. The molecule has 0 fully saturated rings. The molecule has 2 N–H and O–H groups in total. The van der Waals surface area contributed by atoms with Gasteiger partial charge in [0.1, 0.15) is 5.82 Å². The minimum Gasteiger partial charge on any atom is -0.490 e. The number of H-pyrrole nitrogens is 1. The topological polar surface area (TPSA) is 115 Å². The Morgan fingerprint density at radius 2 is 1.83 bits per heavy atom. The van der Waals surface area contributed by atoms with E-state index in [0.717, 1.165) is 4.68 Å². The van der Waals surface area contributed by atoms with Gasteiger partial charge in [-0.2, -0.15) is 5.10 Å². The molecular weight excluding hydrogens is 535 g/mol. The highest BCUT2D eigenvalue weighted by molar-refractivity contribution is 9.10. The van der Waals surface area contributed by atoms with E-state index in [4.69, 9.17) is 9.47 Å². The number of hydrogen-bond donors (Lipinski definition) is 2. The normalized spacial score (nSPS) is 11.1. The first-order valence-electron chi connectivity index (χ1n) is 10.8. The van der Waals surface area contributed by atoms with Crippen LogP contribution in [0.15, 0.2) is 79.8 Å². The molecule has 3 aromatic carbocycles. The van der Waals surface area contributed by atoms with Crippen molar-refractivity contribution >= 4 is 44.6 Å². The second-order valence-corrected chi connectivity index (χ2v) is 8.26. The first-order chi connectivity index (χ1) is 17.4. The fourth-order valence-electron chi connectivity index (χ4n) is 3.30. The summed E-state index contributed by atoms with van der Waals surface area (Å²) in [5.74, 6) is -0.554. The SMILES string of the molecule is CCOc1cc(C=Nn2c(=O)[nH]c3ccccc3c2=O)c(Br)cc1OCC(=O)Nc1ccccc1F. The Labute approximate surface area is 212 Å². The second-order valence-electron chi connectivity index (χ2n) is 7.41. The minimum absolute atomic E-state index is 0.0443. The maximum Gasteiger partial charge on any atom is 0.349 e. The van der Waals surface area contributed by atoms with Crippen molar-refractivity contribution in [1.82, 2.24) is 9.66 Å². The van der Waals surface area contributed by atoms with Crippen molar-refractivity contribution in [3.63, 3.8) is 0 Å². The number of aromatic nitrogens is 2. The summed E-state index contributed by atoms with van der Waals surface area (Å²) in [6, 6.07) is 15.6. The van der Waals surface area contributed by atoms with Gasteiger partial charge in [0.2, 0.25) is 0 Å². The number of rotatable bonds is 8. The van der Waals surface area contributed by atoms with Crippen LogP contribution in [0.1, 0.15) is 12.5 Å². The Bertz CT molecular complexity index is 1580. The number of carbonyl (C=O) groups is 1. The lowest BCUT2D eigenvalue weighted by atomic mass is 10.2. The Balaban J connectivity index is 1.57. The number of hydrogen-bond acceptors (Lipinski definition) is 6. The molecule has 0 unspecified atom stereocenters. The number of anilines is 1. The molecule has 0 saturated carbocycles. The molecule has 0 aliphatic heterocycles. The number of para-hydroxylation sites is 2. The molecule has 9 nitrogen and oxygen atoms in total. The highest BCUT2D eigenvalue weighted by atomic mass is 79.9. The van der Waals surface area contributed by atoms with E-state index in [-0.39, 0.29) is 11.4 Å². The summed E-state index contributed by atoms with van der Waals surface area (Å²) in [4.78, 5) is 39.9. The van der Waals surface area contributed by atoms with Crippen LogP contribution < -0.4 is 26.0 Å². The van der Waals surface area contributed by atoms with Crippen molar-refractivity contribution in [2.75, 3.05) is 18.5 Å². The van der Waals surface area contributed by atoms with E-state index in [9.17, 15) is 18.8 Å². The molecule has 0 aliphatic rings. The van der Waals surface area contributed by atoms with Crippen LogP contribution in [0.4, 0.5) is 10.1 Å². The van der Waals surface area contributed by atoms with Gasteiger partial charge in [0.15, 0.2) is 18.1 Å². The molecule has 11 heteroatoms. The first kappa shape index (κ1) is 24.9. The van der Waals surface area contributed by atoms with Gasteiger partial charge in [-0.3, -0.25) is 9.59 Å². The van der Waals surface area contributed by atoms with E-state index in [1.807, 2.05) is 0 Å². The van der Waals surface area contributed by atoms with Gasteiger partial charge in [-0.15, -0.1) is 4.68 Å². The predicted octanol–water partition coefficient (Wildman–Crippen LogP) is 3.89. The van der Waals surface area contributed by atoms with Crippen molar-refractivity contribution in [2.45, 2.75) is 6.92 Å². The van der Waals surface area contributed by atoms with E-state index in [2.05, 4.69) is 31.3 Å². The van der Waals surface area contributed by atoms with Gasteiger partial charge in [-0.1, -0.05) is 24.3 Å². The summed E-state index contributed by atoms with van der Waals surface area (Å²) in [5.41, 5.74) is -0.298. The summed E-state index contributed by atoms with van der Waals surface area (Å²) >= 11 is 3.40. The number of amides is 1. The molecular formula is C25H20BrFN4O5. The number of aromatic amines is 1. The molecule has 0 bridgehead atoms. The lowest BCUT2D eigenvalue weighted by molar-refractivity contribution is -0.118. The minimum atomic E-state index is -0.683. The van der Waals surface area contributed by atoms with Crippen LogP contribution in [-0.4, -0.2) is 35.0 Å². The third-order valence-corrected chi connectivity index (χ3v) is 5.65. The first-order valence-corrected chi connectivity index (χ1v) is 11.6. The lowest BCUT2D eigenvalue weighted by Gasteiger charge is -2.14. The summed E-state index contributed by atoms with van der Waals surface area (Å²) in [6.07, 6.45) is 1.33. The molecule has 1 amide bonds. The van der Waals surface area contributed by atoms with Gasteiger partial charge in [0.05, 0.1) is 29.4 Å². The smallest absolute Gasteiger partial charge is 0.349 e. The van der Waals surface area contributed by atoms with E-state index in [1.54, 1.807) is 49.4 Å². The van der Waals surface area contributed by atoms with Crippen LogP contribution in [0.5, 0.6) is 11.5 Å². The number of carbonyl (C=O) groups excluding carboxylic acids is 1. The second kappa shape index (κ2) is 11.0. The average molecular weight is 555 g/mol. The molecule has 1 heterocycles. The van der Waals surface area contributed by atoms with Gasteiger partial charge in [0, 0.05) is 10.0 Å². The molecule has 0 spiro atoms. The maximum atomic E-state index is 13.8. The fraction of sp³-hybridized carbons (Fsp3) is 0.120. The van der Waals surface area contributed by atoms with Crippen LogP contribution in [0.2, 0.25) is 0 Å². The van der Waals surface area contributed by atoms with E-state index in [0.29, 0.717) is 33.3 Å². The molecule has 0 radical (unpaired) electrons. The van der Waals surface area contributed by atoms with Gasteiger partial charge in [0.25, 0.3) is 11.5 Å². The van der Waals surface area contributed by atoms with Crippen LogP contribution in [0.25, 0.3) is 10.9 Å². The molecule has 36 heavy (non-hydrogen) atoms. The zero-order valence-corrected chi connectivity index (χ0v) is 20.5. The zero-order valence-electron chi connectivity index (χ0n) is 19.0. The predicted molar refractivity (Wildman–Crippen MR) is 138 cm³/mol. The van der Waals surface area contributed by atoms with Gasteiger partial charge < -0.3 is 19.8 Å². The third-order valence-electron chi connectivity index (χ3n) is 4.97. The number of nitrogens with one attached hydrogen (secondary N) is 2. The third kappa shape index (κ3) is 5.52. The van der Waals surface area contributed by atoms with Crippen molar-refractivity contribution in [3.8, 4) is 11.5 Å². The largest absolute Gasteiger partial charge is 0.490 e. The van der Waals surface area contributed by atoms with Crippen molar-refractivity contribution < 1.29 is 18.7 Å². The molecule has 0 saturated heterocycles. The zero-order chi connectivity index (χ0) is 25.7. The number of halogens is 2. The highest BCUT2D eigenvalue weighted by Crippen LogP contribution is 2.33. The molecule has 0 atom stereocenters. The Hall–Kier alpha value is -4.25. The fourth-order valence-corrected chi connectivity index (χ4v) is 3.73. The molecule has 184 valence electrons. The highest BCUT2D eigenvalue weighted by Gasteiger charge is 2.14. The number of nitrogens with zero attached hydrogens (tertiary/aromatic N) is 2. The van der Waals surface area contributed by atoms with Crippen molar-refractivity contribution in [2.24, 2.45) is 5.10 Å². The van der Waals surface area contributed by atoms with Crippen LogP contribution in [-0.2, 0) is 4.79 Å². The van der Waals surface area contributed by atoms with Crippen molar-refractivity contribution in [3.05, 3.63) is 97.4 Å². The van der Waals surface area contributed by atoms with Gasteiger partial charge >= 0.3 is 5.69 Å². The number of fused-ring (bicyclic) bond motifs is 1. The van der Waals surface area contributed by atoms with Crippen LogP contribution >= 0.6 is 15.9 Å². The number of ether oxygens (including phenoxy) is 2. The maximum absolute atomic E-state index is 13.8.